The molecule has 2 heterocycles. The largest absolute Gasteiger partial charge is 0.454 e. The molecule has 0 saturated carbocycles. The van der Waals surface area contributed by atoms with E-state index in [0.717, 1.165) is 16.5 Å². The summed E-state index contributed by atoms with van der Waals surface area (Å²) < 4.78 is 5.80. The number of carbonyl (C=O) groups excluding carboxylic acids is 4. The van der Waals surface area contributed by atoms with Crippen molar-refractivity contribution in [2.24, 2.45) is 0 Å². The fourth-order valence-electron chi connectivity index (χ4n) is 3.46. The lowest BCUT2D eigenvalue weighted by atomic mass is 10.2. The van der Waals surface area contributed by atoms with Gasteiger partial charge >= 0.3 is 5.97 Å². The quantitative estimate of drug-likeness (QED) is 0.497. The molecular formula is C23H20ClN3O5S. The first-order valence-corrected chi connectivity index (χ1v) is 11.4. The first kappa shape index (κ1) is 22.8. The lowest BCUT2D eigenvalue weighted by Crippen LogP contribution is -2.32. The molecule has 8 nitrogen and oxygen atoms in total. The summed E-state index contributed by atoms with van der Waals surface area (Å²) in [4.78, 5) is 50.4. The highest BCUT2D eigenvalue weighted by atomic mass is 35.5. The summed E-state index contributed by atoms with van der Waals surface area (Å²) in [5.74, 6) is -1.73. The third-order valence-electron chi connectivity index (χ3n) is 5.01. The molecule has 0 unspecified atom stereocenters. The highest BCUT2D eigenvalue weighted by molar-refractivity contribution is 7.21. The SMILES string of the molecule is O=C(COC(=O)CNC(=O)c1sc2ccccc2c1Cl)Nc1cccc(N2CCCC2=O)c1. The van der Waals surface area contributed by atoms with Crippen LogP contribution in [0.2, 0.25) is 5.02 Å². The van der Waals surface area contributed by atoms with Crippen LogP contribution in [0.1, 0.15) is 22.5 Å². The van der Waals surface area contributed by atoms with E-state index >= 15 is 0 Å². The van der Waals surface area contributed by atoms with Crippen molar-refractivity contribution in [2.75, 3.05) is 29.9 Å². The number of benzene rings is 2. The third kappa shape index (κ3) is 5.32. The molecule has 0 atom stereocenters. The van der Waals surface area contributed by atoms with E-state index in [-0.39, 0.29) is 5.91 Å². The third-order valence-corrected chi connectivity index (χ3v) is 6.69. The molecule has 0 aliphatic carbocycles. The zero-order valence-electron chi connectivity index (χ0n) is 17.4. The summed E-state index contributed by atoms with van der Waals surface area (Å²) in [6.45, 7) is -0.263. The van der Waals surface area contributed by atoms with E-state index in [1.54, 1.807) is 29.2 Å². The fraction of sp³-hybridized carbons (Fsp3) is 0.217. The average molecular weight is 486 g/mol. The molecule has 1 saturated heterocycles. The number of amides is 3. The maximum atomic E-state index is 12.4. The van der Waals surface area contributed by atoms with Crippen molar-refractivity contribution < 1.29 is 23.9 Å². The number of rotatable bonds is 7. The lowest BCUT2D eigenvalue weighted by Gasteiger charge is -2.16. The van der Waals surface area contributed by atoms with Gasteiger partial charge in [0.15, 0.2) is 6.61 Å². The van der Waals surface area contributed by atoms with Gasteiger partial charge < -0.3 is 20.3 Å². The second-order valence-corrected chi connectivity index (χ2v) is 8.76. The van der Waals surface area contributed by atoms with E-state index in [4.69, 9.17) is 16.3 Å². The van der Waals surface area contributed by atoms with Gasteiger partial charge in [0.2, 0.25) is 5.91 Å². The Balaban J connectivity index is 1.25. The monoisotopic (exact) mass is 485 g/mol. The minimum atomic E-state index is -0.757. The number of carbonyl (C=O) groups is 4. The van der Waals surface area contributed by atoms with E-state index in [1.807, 2.05) is 24.3 Å². The Morgan fingerprint density at radius 1 is 1.12 bits per heavy atom. The van der Waals surface area contributed by atoms with E-state index < -0.39 is 30.9 Å². The van der Waals surface area contributed by atoms with Crippen LogP contribution in [0.4, 0.5) is 11.4 Å². The molecule has 4 rings (SSSR count). The fourth-order valence-corrected chi connectivity index (χ4v) is 4.89. The molecule has 0 spiro atoms. The van der Waals surface area contributed by atoms with Crippen molar-refractivity contribution >= 4 is 68.1 Å². The Morgan fingerprint density at radius 2 is 1.94 bits per heavy atom. The van der Waals surface area contributed by atoms with E-state index in [0.29, 0.717) is 34.2 Å². The van der Waals surface area contributed by atoms with Gasteiger partial charge in [-0.25, -0.2) is 0 Å². The number of thiophene rings is 1. The summed E-state index contributed by atoms with van der Waals surface area (Å²) in [5.41, 5.74) is 1.19. The van der Waals surface area contributed by atoms with Gasteiger partial charge in [0.25, 0.3) is 11.8 Å². The van der Waals surface area contributed by atoms with E-state index in [2.05, 4.69) is 10.6 Å². The first-order chi connectivity index (χ1) is 15.9. The number of hydrogen-bond donors (Lipinski definition) is 2. The van der Waals surface area contributed by atoms with Crippen LogP contribution in [-0.4, -0.2) is 43.4 Å². The predicted molar refractivity (Wildman–Crippen MR) is 127 cm³/mol. The highest BCUT2D eigenvalue weighted by Gasteiger charge is 2.22. The molecule has 0 radical (unpaired) electrons. The van der Waals surface area contributed by atoms with Gasteiger partial charge in [0, 0.05) is 34.4 Å². The van der Waals surface area contributed by atoms with Gasteiger partial charge in [-0.05, 0) is 30.7 Å². The van der Waals surface area contributed by atoms with Crippen LogP contribution in [-0.2, 0) is 19.1 Å². The molecular weight excluding hydrogens is 466 g/mol. The van der Waals surface area contributed by atoms with E-state index in [1.165, 1.54) is 11.3 Å². The number of nitrogens with zero attached hydrogens (tertiary/aromatic N) is 1. The molecule has 2 N–H and O–H groups in total. The van der Waals surface area contributed by atoms with Crippen LogP contribution < -0.4 is 15.5 Å². The Hall–Kier alpha value is -3.43. The van der Waals surface area contributed by atoms with Crippen LogP contribution in [0, 0.1) is 0 Å². The molecule has 1 aliphatic heterocycles. The number of anilines is 2. The zero-order chi connectivity index (χ0) is 23.4. The second-order valence-electron chi connectivity index (χ2n) is 7.33. The average Bonchev–Trinajstić information content (AvgIpc) is 3.39. The summed E-state index contributed by atoms with van der Waals surface area (Å²) in [6, 6.07) is 14.2. The topological polar surface area (TPSA) is 105 Å². The number of ether oxygens (including phenoxy) is 1. The molecule has 1 fully saturated rings. The van der Waals surface area contributed by atoms with Gasteiger partial charge in [-0.15, -0.1) is 11.3 Å². The standard InChI is InChI=1S/C23H20ClN3O5S/c24-21-16-7-1-2-8-17(16)33-22(21)23(31)25-12-20(30)32-13-18(28)26-14-5-3-6-15(11-14)27-10-4-9-19(27)29/h1-3,5-8,11H,4,9-10,12-13H2,(H,25,31)(H,26,28). The normalized spacial score (nSPS) is 13.2. The number of hydrogen-bond acceptors (Lipinski definition) is 6. The molecule has 170 valence electrons. The van der Waals surface area contributed by atoms with Crippen LogP contribution in [0.25, 0.3) is 10.1 Å². The molecule has 0 bridgehead atoms. The summed E-state index contributed by atoms with van der Waals surface area (Å²) >= 11 is 7.50. The first-order valence-electron chi connectivity index (χ1n) is 10.2. The molecule has 10 heteroatoms. The smallest absolute Gasteiger partial charge is 0.325 e. The number of nitrogens with one attached hydrogen (secondary N) is 2. The van der Waals surface area contributed by atoms with Crippen molar-refractivity contribution in [3.8, 4) is 0 Å². The molecule has 33 heavy (non-hydrogen) atoms. The molecule has 3 amide bonds. The van der Waals surface area contributed by atoms with Crippen LogP contribution >= 0.6 is 22.9 Å². The van der Waals surface area contributed by atoms with Gasteiger partial charge in [-0.3, -0.25) is 19.2 Å². The van der Waals surface area contributed by atoms with Gasteiger partial charge in [-0.2, -0.15) is 0 Å². The highest BCUT2D eigenvalue weighted by Crippen LogP contribution is 2.34. The van der Waals surface area contributed by atoms with Crippen molar-refractivity contribution in [3.05, 3.63) is 58.4 Å². The maximum absolute atomic E-state index is 12.4. The zero-order valence-corrected chi connectivity index (χ0v) is 19.0. The number of fused-ring (bicyclic) bond motifs is 1. The Morgan fingerprint density at radius 3 is 2.70 bits per heavy atom. The van der Waals surface area contributed by atoms with Crippen LogP contribution in [0.3, 0.4) is 0 Å². The number of esters is 1. The van der Waals surface area contributed by atoms with Gasteiger partial charge in [-0.1, -0.05) is 35.9 Å². The van der Waals surface area contributed by atoms with Crippen molar-refractivity contribution in [1.29, 1.82) is 0 Å². The Bertz CT molecular complexity index is 1240. The minimum Gasteiger partial charge on any atom is -0.454 e. The van der Waals surface area contributed by atoms with Crippen LogP contribution in [0.5, 0.6) is 0 Å². The number of halogens is 1. The van der Waals surface area contributed by atoms with Crippen molar-refractivity contribution in [2.45, 2.75) is 12.8 Å². The second kappa shape index (κ2) is 10.0. The molecule has 1 aromatic heterocycles. The summed E-state index contributed by atoms with van der Waals surface area (Å²) in [6.07, 6.45) is 1.31. The summed E-state index contributed by atoms with van der Waals surface area (Å²) in [5, 5.41) is 6.19. The molecule has 1 aliphatic rings. The summed E-state index contributed by atoms with van der Waals surface area (Å²) in [7, 11) is 0. The van der Waals surface area contributed by atoms with Crippen molar-refractivity contribution in [3.63, 3.8) is 0 Å². The van der Waals surface area contributed by atoms with Crippen molar-refractivity contribution in [1.82, 2.24) is 5.32 Å². The Labute approximate surface area is 198 Å². The molecule has 2 aromatic carbocycles. The molecule has 3 aromatic rings. The van der Waals surface area contributed by atoms with Gasteiger partial charge in [0.1, 0.15) is 11.4 Å². The minimum absolute atomic E-state index is 0.0476. The predicted octanol–water partition coefficient (Wildman–Crippen LogP) is 3.59. The van der Waals surface area contributed by atoms with Gasteiger partial charge in [0.05, 0.1) is 5.02 Å². The maximum Gasteiger partial charge on any atom is 0.325 e. The Kier molecular flexibility index (Phi) is 6.90. The van der Waals surface area contributed by atoms with Crippen LogP contribution in [0.15, 0.2) is 48.5 Å². The lowest BCUT2D eigenvalue weighted by molar-refractivity contribution is -0.146. The van der Waals surface area contributed by atoms with E-state index in [9.17, 15) is 19.2 Å².